The maximum Gasteiger partial charge on any atom is 0.234 e. The Bertz CT molecular complexity index is 619. The van der Waals surface area contributed by atoms with Gasteiger partial charge in [-0.1, -0.05) is 35.9 Å². The molecular weight excluding hydrogens is 308 g/mol. The summed E-state index contributed by atoms with van der Waals surface area (Å²) in [5.74, 6) is 0.0610. The fourth-order valence-electron chi connectivity index (χ4n) is 2.70. The third-order valence-electron chi connectivity index (χ3n) is 4.01. The molecule has 2 aromatic rings. The average molecular weight is 330 g/mol. The molecule has 1 amide bonds. The van der Waals surface area contributed by atoms with Crippen LogP contribution in [0.1, 0.15) is 22.0 Å². The van der Waals surface area contributed by atoms with E-state index in [1.54, 1.807) is 11.3 Å². The summed E-state index contributed by atoms with van der Waals surface area (Å²) in [6, 6.07) is 12.4. The quantitative estimate of drug-likeness (QED) is 0.916. The Kier molecular flexibility index (Phi) is 5.43. The summed E-state index contributed by atoms with van der Waals surface area (Å²) in [5, 5.41) is 5.24. The van der Waals surface area contributed by atoms with E-state index < -0.39 is 0 Å². The molecule has 1 saturated heterocycles. The van der Waals surface area contributed by atoms with Crippen LogP contribution in [-0.2, 0) is 9.53 Å². The highest BCUT2D eigenvalue weighted by atomic mass is 32.1. The third-order valence-corrected chi connectivity index (χ3v) is 4.95. The van der Waals surface area contributed by atoms with Crippen LogP contribution in [0.2, 0.25) is 0 Å². The molecule has 5 heteroatoms. The molecule has 2 heterocycles. The number of benzene rings is 1. The minimum atomic E-state index is -0.0795. The lowest BCUT2D eigenvalue weighted by Crippen LogP contribution is -2.44. The first-order chi connectivity index (χ1) is 11.2. The minimum Gasteiger partial charge on any atom is -0.379 e. The molecule has 23 heavy (non-hydrogen) atoms. The van der Waals surface area contributed by atoms with Crippen LogP contribution in [0.3, 0.4) is 0 Å². The number of carbonyl (C=O) groups is 1. The molecule has 0 saturated carbocycles. The maximum atomic E-state index is 12.5. The van der Waals surface area contributed by atoms with Gasteiger partial charge in [-0.3, -0.25) is 9.69 Å². The number of ether oxygens (including phenoxy) is 1. The van der Waals surface area contributed by atoms with Gasteiger partial charge in [0, 0.05) is 18.0 Å². The van der Waals surface area contributed by atoms with Gasteiger partial charge in [0.15, 0.2) is 0 Å². The molecule has 4 nitrogen and oxygen atoms in total. The van der Waals surface area contributed by atoms with E-state index in [0.29, 0.717) is 19.8 Å². The van der Waals surface area contributed by atoms with Crippen LogP contribution in [-0.4, -0.2) is 43.7 Å². The van der Waals surface area contributed by atoms with E-state index in [4.69, 9.17) is 4.74 Å². The van der Waals surface area contributed by atoms with Crippen LogP contribution in [0.4, 0.5) is 0 Å². The lowest BCUT2D eigenvalue weighted by atomic mass is 10.0. The number of nitrogens with one attached hydrogen (secondary N) is 1. The van der Waals surface area contributed by atoms with Gasteiger partial charge in [0.1, 0.15) is 0 Å². The van der Waals surface area contributed by atoms with E-state index in [9.17, 15) is 4.79 Å². The van der Waals surface area contributed by atoms with Crippen LogP contribution in [0.25, 0.3) is 0 Å². The van der Waals surface area contributed by atoms with Crippen molar-refractivity contribution < 1.29 is 9.53 Å². The Morgan fingerprint density at radius 1 is 1.26 bits per heavy atom. The normalized spacial score (nSPS) is 16.9. The molecule has 0 aliphatic carbocycles. The van der Waals surface area contributed by atoms with E-state index in [0.717, 1.165) is 23.5 Å². The van der Waals surface area contributed by atoms with E-state index >= 15 is 0 Å². The van der Waals surface area contributed by atoms with E-state index in [1.807, 2.05) is 11.4 Å². The first-order valence-electron chi connectivity index (χ1n) is 7.92. The van der Waals surface area contributed by atoms with Crippen molar-refractivity contribution >= 4 is 17.2 Å². The largest absolute Gasteiger partial charge is 0.379 e. The Morgan fingerprint density at radius 3 is 2.65 bits per heavy atom. The molecule has 1 fully saturated rings. The zero-order valence-electron chi connectivity index (χ0n) is 13.3. The summed E-state index contributed by atoms with van der Waals surface area (Å²) < 4.78 is 5.33. The van der Waals surface area contributed by atoms with Gasteiger partial charge in [0.2, 0.25) is 5.91 Å². The van der Waals surface area contributed by atoms with Crippen LogP contribution >= 0.6 is 11.3 Å². The Morgan fingerprint density at radius 2 is 2.00 bits per heavy atom. The number of carbonyl (C=O) groups excluding carboxylic acids is 1. The summed E-state index contributed by atoms with van der Waals surface area (Å²) in [6.45, 7) is 5.56. The molecular formula is C18H22N2O2S. The van der Waals surface area contributed by atoms with Crippen LogP contribution in [0.15, 0.2) is 41.8 Å². The van der Waals surface area contributed by atoms with Crippen LogP contribution in [0.5, 0.6) is 0 Å². The fourth-order valence-corrected chi connectivity index (χ4v) is 3.50. The Labute approximate surface area is 141 Å². The highest BCUT2D eigenvalue weighted by Crippen LogP contribution is 2.26. The minimum absolute atomic E-state index is 0.0610. The molecule has 3 rings (SSSR count). The maximum absolute atomic E-state index is 12.5. The third kappa shape index (κ3) is 4.41. The zero-order chi connectivity index (χ0) is 16.1. The summed E-state index contributed by atoms with van der Waals surface area (Å²) in [4.78, 5) is 15.8. The van der Waals surface area contributed by atoms with Crippen molar-refractivity contribution in [2.45, 2.75) is 13.0 Å². The van der Waals surface area contributed by atoms with Gasteiger partial charge >= 0.3 is 0 Å². The number of hydrogen-bond acceptors (Lipinski definition) is 4. The van der Waals surface area contributed by atoms with Gasteiger partial charge < -0.3 is 10.1 Å². The Hall–Kier alpha value is -1.69. The van der Waals surface area contributed by atoms with E-state index in [1.165, 1.54) is 5.56 Å². The Balaban J connectivity index is 1.71. The first-order valence-corrected chi connectivity index (χ1v) is 8.80. The molecule has 0 unspecified atom stereocenters. The standard InChI is InChI=1S/C18H22N2O2S/c1-14-4-6-15(7-5-14)18(16-3-2-12-23-16)19-17(21)13-20-8-10-22-11-9-20/h2-7,12,18H,8-11,13H2,1H3,(H,19,21)/t18-/m1/s1. The van der Waals surface area contributed by atoms with Crippen molar-refractivity contribution in [1.82, 2.24) is 10.2 Å². The molecule has 0 spiro atoms. The molecule has 1 aliphatic rings. The molecule has 1 aromatic heterocycles. The van der Waals surface area contributed by atoms with Crippen molar-refractivity contribution in [1.29, 1.82) is 0 Å². The van der Waals surface area contributed by atoms with Gasteiger partial charge in [0.25, 0.3) is 0 Å². The lowest BCUT2D eigenvalue weighted by Gasteiger charge is -2.27. The van der Waals surface area contributed by atoms with E-state index in [-0.39, 0.29) is 11.9 Å². The lowest BCUT2D eigenvalue weighted by molar-refractivity contribution is -0.123. The van der Waals surface area contributed by atoms with Crippen molar-refractivity contribution in [3.63, 3.8) is 0 Å². The number of thiophene rings is 1. The summed E-state index contributed by atoms with van der Waals surface area (Å²) in [5.41, 5.74) is 2.34. The average Bonchev–Trinajstić information content (AvgIpc) is 3.09. The fraction of sp³-hybridized carbons (Fsp3) is 0.389. The number of amides is 1. The van der Waals surface area contributed by atoms with Gasteiger partial charge in [-0.25, -0.2) is 0 Å². The first kappa shape index (κ1) is 16.2. The predicted molar refractivity (Wildman–Crippen MR) is 92.7 cm³/mol. The summed E-state index contributed by atoms with van der Waals surface area (Å²) >= 11 is 1.67. The molecule has 1 aliphatic heterocycles. The second-order valence-corrected chi connectivity index (χ2v) is 6.79. The van der Waals surface area contributed by atoms with Crippen LogP contribution < -0.4 is 5.32 Å². The van der Waals surface area contributed by atoms with Crippen molar-refractivity contribution in [2.75, 3.05) is 32.8 Å². The van der Waals surface area contributed by atoms with Gasteiger partial charge in [-0.15, -0.1) is 11.3 Å². The van der Waals surface area contributed by atoms with Gasteiger partial charge in [-0.05, 0) is 23.9 Å². The highest BCUT2D eigenvalue weighted by molar-refractivity contribution is 7.10. The topological polar surface area (TPSA) is 41.6 Å². The summed E-state index contributed by atoms with van der Waals surface area (Å²) in [6.07, 6.45) is 0. The molecule has 1 aromatic carbocycles. The second-order valence-electron chi connectivity index (χ2n) is 5.82. The summed E-state index contributed by atoms with van der Waals surface area (Å²) in [7, 11) is 0. The number of nitrogens with zero attached hydrogens (tertiary/aromatic N) is 1. The van der Waals surface area contributed by atoms with E-state index in [2.05, 4.69) is 47.5 Å². The van der Waals surface area contributed by atoms with Crippen molar-refractivity contribution in [3.8, 4) is 0 Å². The zero-order valence-corrected chi connectivity index (χ0v) is 14.1. The monoisotopic (exact) mass is 330 g/mol. The SMILES string of the molecule is Cc1ccc([C@@H](NC(=O)CN2CCOCC2)c2cccs2)cc1. The second kappa shape index (κ2) is 7.73. The molecule has 1 atom stereocenters. The van der Waals surface area contributed by atoms with Gasteiger partial charge in [0.05, 0.1) is 25.8 Å². The predicted octanol–water partition coefficient (Wildman–Crippen LogP) is 2.59. The number of rotatable bonds is 5. The van der Waals surface area contributed by atoms with Crippen molar-refractivity contribution in [3.05, 3.63) is 57.8 Å². The number of aryl methyl sites for hydroxylation is 1. The smallest absolute Gasteiger partial charge is 0.234 e. The number of hydrogen-bond donors (Lipinski definition) is 1. The van der Waals surface area contributed by atoms with Gasteiger partial charge in [-0.2, -0.15) is 0 Å². The molecule has 0 bridgehead atoms. The molecule has 122 valence electrons. The van der Waals surface area contributed by atoms with Crippen molar-refractivity contribution in [2.24, 2.45) is 0 Å². The highest BCUT2D eigenvalue weighted by Gasteiger charge is 2.20. The number of morpholine rings is 1. The molecule has 1 N–H and O–H groups in total. The molecule has 0 radical (unpaired) electrons. The van der Waals surface area contributed by atoms with Crippen LogP contribution in [0, 0.1) is 6.92 Å².